The van der Waals surface area contributed by atoms with Gasteiger partial charge < -0.3 is 4.42 Å². The number of nitrogens with zero attached hydrogens (tertiary/aromatic N) is 2. The molecule has 0 saturated heterocycles. The van der Waals surface area contributed by atoms with Crippen molar-refractivity contribution in [2.24, 2.45) is 0 Å². The molecular weight excluding hydrogens is 338 g/mol. The lowest BCUT2D eigenvalue weighted by molar-refractivity contribution is 0.533. The van der Waals surface area contributed by atoms with Gasteiger partial charge in [-0.05, 0) is 48.5 Å². The number of aromatic nitrogens is 2. The molecule has 3 aromatic rings. The van der Waals surface area contributed by atoms with Gasteiger partial charge in [-0.15, -0.1) is 10.2 Å². The molecule has 2 aromatic carbocycles. The summed E-state index contributed by atoms with van der Waals surface area (Å²) in [7, 11) is -3.66. The summed E-state index contributed by atoms with van der Waals surface area (Å²) in [5, 5.41) is 8.14. The van der Waals surface area contributed by atoms with Gasteiger partial charge in [0.1, 0.15) is 0 Å². The van der Waals surface area contributed by atoms with Crippen LogP contribution in [0.2, 0.25) is 5.02 Å². The second-order valence-electron chi connectivity index (χ2n) is 4.76. The highest BCUT2D eigenvalue weighted by molar-refractivity contribution is 7.92. The van der Waals surface area contributed by atoms with Gasteiger partial charge in [0.05, 0.1) is 4.90 Å². The molecule has 6 nitrogen and oxygen atoms in total. The Morgan fingerprint density at radius 2 is 1.65 bits per heavy atom. The van der Waals surface area contributed by atoms with Crippen molar-refractivity contribution < 1.29 is 12.8 Å². The topological polar surface area (TPSA) is 85.1 Å². The third-order valence-electron chi connectivity index (χ3n) is 3.03. The zero-order chi connectivity index (χ0) is 16.4. The van der Waals surface area contributed by atoms with E-state index in [-0.39, 0.29) is 4.90 Å². The molecule has 0 radical (unpaired) electrons. The van der Waals surface area contributed by atoms with Crippen LogP contribution < -0.4 is 4.72 Å². The minimum absolute atomic E-state index is 0.138. The van der Waals surface area contributed by atoms with E-state index in [0.717, 1.165) is 0 Å². The SMILES string of the molecule is Cc1nnc(-c2ccc(NS(=O)(=O)c3ccc(Cl)cc3)cc2)o1. The van der Waals surface area contributed by atoms with Crippen LogP contribution in [0.3, 0.4) is 0 Å². The summed E-state index contributed by atoms with van der Waals surface area (Å²) < 4.78 is 32.4. The van der Waals surface area contributed by atoms with Gasteiger partial charge in [0.25, 0.3) is 10.0 Å². The van der Waals surface area contributed by atoms with Crippen LogP contribution in [0.4, 0.5) is 5.69 Å². The number of hydrogen-bond donors (Lipinski definition) is 1. The standard InChI is InChI=1S/C15H12ClN3O3S/c1-10-17-18-15(22-10)11-2-6-13(7-3-11)19-23(20,21)14-8-4-12(16)5-9-14/h2-9,19H,1H3. The van der Waals surface area contributed by atoms with Gasteiger partial charge in [-0.2, -0.15) is 0 Å². The van der Waals surface area contributed by atoms with Crippen molar-refractivity contribution in [1.82, 2.24) is 10.2 Å². The second-order valence-corrected chi connectivity index (χ2v) is 6.88. The molecule has 0 aliphatic carbocycles. The molecule has 23 heavy (non-hydrogen) atoms. The Morgan fingerprint density at radius 3 is 2.22 bits per heavy atom. The van der Waals surface area contributed by atoms with Gasteiger partial charge in [0, 0.05) is 23.2 Å². The molecule has 0 fully saturated rings. The maximum Gasteiger partial charge on any atom is 0.261 e. The number of anilines is 1. The maximum absolute atomic E-state index is 12.3. The minimum atomic E-state index is -3.66. The van der Waals surface area contributed by atoms with Gasteiger partial charge in [0.2, 0.25) is 11.8 Å². The van der Waals surface area contributed by atoms with Crippen LogP contribution in [-0.2, 0) is 10.0 Å². The molecular formula is C15H12ClN3O3S. The highest BCUT2D eigenvalue weighted by Gasteiger charge is 2.14. The zero-order valence-corrected chi connectivity index (χ0v) is 13.6. The van der Waals surface area contributed by atoms with E-state index in [1.807, 2.05) is 0 Å². The van der Waals surface area contributed by atoms with Crippen LogP contribution in [0.25, 0.3) is 11.5 Å². The summed E-state index contributed by atoms with van der Waals surface area (Å²) in [6, 6.07) is 12.6. The number of rotatable bonds is 4. The fraction of sp³-hybridized carbons (Fsp3) is 0.0667. The summed E-state index contributed by atoms with van der Waals surface area (Å²) in [5.74, 6) is 0.849. The van der Waals surface area contributed by atoms with E-state index >= 15 is 0 Å². The molecule has 8 heteroatoms. The monoisotopic (exact) mass is 349 g/mol. The lowest BCUT2D eigenvalue weighted by Gasteiger charge is -2.08. The van der Waals surface area contributed by atoms with E-state index in [1.54, 1.807) is 31.2 Å². The number of halogens is 1. The fourth-order valence-electron chi connectivity index (χ4n) is 1.92. The van der Waals surface area contributed by atoms with Crippen molar-refractivity contribution in [2.45, 2.75) is 11.8 Å². The highest BCUT2D eigenvalue weighted by Crippen LogP contribution is 2.22. The molecule has 0 bridgehead atoms. The van der Waals surface area contributed by atoms with E-state index in [9.17, 15) is 8.42 Å². The average molecular weight is 350 g/mol. The van der Waals surface area contributed by atoms with Gasteiger partial charge in [-0.3, -0.25) is 4.72 Å². The maximum atomic E-state index is 12.3. The Bertz CT molecular complexity index is 919. The van der Waals surface area contributed by atoms with E-state index in [2.05, 4.69) is 14.9 Å². The summed E-state index contributed by atoms with van der Waals surface area (Å²) in [6.45, 7) is 1.70. The molecule has 3 rings (SSSR count). The van der Waals surface area contributed by atoms with E-state index in [1.165, 1.54) is 24.3 Å². The van der Waals surface area contributed by atoms with Crippen LogP contribution in [0.1, 0.15) is 5.89 Å². The first-order valence-electron chi connectivity index (χ1n) is 6.63. The summed E-state index contributed by atoms with van der Waals surface area (Å²) >= 11 is 5.76. The van der Waals surface area contributed by atoms with Crippen molar-refractivity contribution in [3.05, 3.63) is 59.4 Å². The molecule has 1 heterocycles. The Balaban J connectivity index is 1.81. The molecule has 0 spiro atoms. The first-order valence-corrected chi connectivity index (χ1v) is 8.49. The van der Waals surface area contributed by atoms with E-state index in [0.29, 0.717) is 28.1 Å². The van der Waals surface area contributed by atoms with Gasteiger partial charge in [0.15, 0.2) is 0 Å². The van der Waals surface area contributed by atoms with Crippen LogP contribution in [0.5, 0.6) is 0 Å². The first-order chi connectivity index (χ1) is 10.9. The van der Waals surface area contributed by atoms with Gasteiger partial charge >= 0.3 is 0 Å². The van der Waals surface area contributed by atoms with Gasteiger partial charge in [-0.1, -0.05) is 11.6 Å². The molecule has 118 valence electrons. The zero-order valence-electron chi connectivity index (χ0n) is 12.0. The van der Waals surface area contributed by atoms with E-state index < -0.39 is 10.0 Å². The van der Waals surface area contributed by atoms with Crippen LogP contribution in [0, 0.1) is 6.92 Å². The Labute approximate surface area is 138 Å². The predicted molar refractivity (Wildman–Crippen MR) is 86.7 cm³/mol. The number of hydrogen-bond acceptors (Lipinski definition) is 5. The number of aryl methyl sites for hydroxylation is 1. The van der Waals surface area contributed by atoms with Gasteiger partial charge in [-0.25, -0.2) is 8.42 Å². The molecule has 0 aliphatic heterocycles. The fourth-order valence-corrected chi connectivity index (χ4v) is 3.11. The first kappa shape index (κ1) is 15.5. The lowest BCUT2D eigenvalue weighted by Crippen LogP contribution is -2.12. The quantitative estimate of drug-likeness (QED) is 0.779. The van der Waals surface area contributed by atoms with Crippen LogP contribution >= 0.6 is 11.6 Å². The van der Waals surface area contributed by atoms with Crippen molar-refractivity contribution in [3.63, 3.8) is 0 Å². The van der Waals surface area contributed by atoms with Crippen LogP contribution in [0.15, 0.2) is 57.8 Å². The molecule has 1 N–H and O–H groups in total. The lowest BCUT2D eigenvalue weighted by atomic mass is 10.2. The average Bonchev–Trinajstić information content (AvgIpc) is 2.95. The largest absolute Gasteiger partial charge is 0.421 e. The third-order valence-corrected chi connectivity index (χ3v) is 4.68. The number of nitrogens with one attached hydrogen (secondary N) is 1. The van der Waals surface area contributed by atoms with Crippen molar-refractivity contribution in [2.75, 3.05) is 4.72 Å². The van der Waals surface area contributed by atoms with Crippen molar-refractivity contribution >= 4 is 27.3 Å². The van der Waals surface area contributed by atoms with Crippen molar-refractivity contribution in [3.8, 4) is 11.5 Å². The molecule has 0 unspecified atom stereocenters. The van der Waals surface area contributed by atoms with E-state index in [4.69, 9.17) is 16.0 Å². The molecule has 0 amide bonds. The Kier molecular flexibility index (Phi) is 4.06. The smallest absolute Gasteiger partial charge is 0.261 e. The molecule has 0 aliphatic rings. The summed E-state index contributed by atoms with van der Waals surface area (Å²) in [5.41, 5.74) is 1.14. The number of sulfonamides is 1. The van der Waals surface area contributed by atoms with Crippen molar-refractivity contribution in [1.29, 1.82) is 0 Å². The Morgan fingerprint density at radius 1 is 1.00 bits per heavy atom. The summed E-state index contributed by atoms with van der Waals surface area (Å²) in [6.07, 6.45) is 0. The van der Waals surface area contributed by atoms with Crippen LogP contribution in [-0.4, -0.2) is 18.6 Å². The number of benzene rings is 2. The summed E-state index contributed by atoms with van der Waals surface area (Å²) in [4.78, 5) is 0.138. The second kappa shape index (κ2) is 6.02. The Hall–Kier alpha value is -2.38. The third kappa shape index (κ3) is 3.52. The normalized spacial score (nSPS) is 11.4. The minimum Gasteiger partial charge on any atom is -0.421 e. The highest BCUT2D eigenvalue weighted by atomic mass is 35.5. The molecule has 1 aromatic heterocycles. The molecule has 0 saturated carbocycles. The molecule has 0 atom stereocenters. The predicted octanol–water partition coefficient (Wildman–Crippen LogP) is 3.50.